The molecule has 2 heterocycles. The summed E-state index contributed by atoms with van der Waals surface area (Å²) in [7, 11) is 0. The number of nitriles is 1. The second-order valence-corrected chi connectivity index (χ2v) is 5.82. The molecule has 0 amide bonds. The Bertz CT molecular complexity index is 933. The van der Waals surface area contributed by atoms with Crippen LogP contribution in [0.15, 0.2) is 35.3 Å². The van der Waals surface area contributed by atoms with Crippen LogP contribution in [0.3, 0.4) is 0 Å². The topological polar surface area (TPSA) is 73.9 Å². The van der Waals surface area contributed by atoms with Gasteiger partial charge in [0.05, 0.1) is 11.9 Å². The van der Waals surface area contributed by atoms with Crippen molar-refractivity contribution in [1.82, 2.24) is 14.6 Å². The van der Waals surface area contributed by atoms with E-state index >= 15 is 0 Å². The van der Waals surface area contributed by atoms with E-state index in [1.165, 1.54) is 10.7 Å². The predicted octanol–water partition coefficient (Wildman–Crippen LogP) is 2.73. The van der Waals surface area contributed by atoms with E-state index in [0.29, 0.717) is 23.2 Å². The summed E-state index contributed by atoms with van der Waals surface area (Å²) in [6.45, 7) is 1.93. The molecule has 5 nitrogen and oxygen atoms in total. The summed E-state index contributed by atoms with van der Waals surface area (Å²) in [6, 6.07) is 9.94. The minimum atomic E-state index is -0.179. The molecule has 3 aromatic rings. The maximum Gasteiger partial charge on any atom is 0.278 e. The number of halogens is 1. The molecule has 0 radical (unpaired) electrons. The lowest BCUT2D eigenvalue weighted by Crippen LogP contribution is -2.21. The molecule has 6 heteroatoms. The van der Waals surface area contributed by atoms with Crippen LogP contribution in [-0.4, -0.2) is 14.6 Å². The van der Waals surface area contributed by atoms with Crippen LogP contribution in [0.4, 0.5) is 0 Å². The molecule has 0 unspecified atom stereocenters. The van der Waals surface area contributed by atoms with Gasteiger partial charge in [0.15, 0.2) is 5.65 Å². The number of aromatic nitrogens is 3. The van der Waals surface area contributed by atoms with E-state index in [4.69, 9.17) is 5.26 Å². The zero-order valence-electron chi connectivity index (χ0n) is 11.2. The Morgan fingerprint density at radius 1 is 1.48 bits per heavy atom. The average Bonchev–Trinajstić information content (AvgIpc) is 2.90. The highest BCUT2D eigenvalue weighted by Crippen LogP contribution is 2.23. The van der Waals surface area contributed by atoms with Crippen LogP contribution in [0.5, 0.6) is 0 Å². The summed E-state index contributed by atoms with van der Waals surface area (Å²) in [5, 5.41) is 13.1. The lowest BCUT2D eigenvalue weighted by molar-refractivity contribution is 0.870. The molecule has 1 aromatic carbocycles. The van der Waals surface area contributed by atoms with E-state index in [0.717, 1.165) is 14.8 Å². The number of benzene rings is 1. The summed E-state index contributed by atoms with van der Waals surface area (Å²) in [5.41, 5.74) is 2.97. The van der Waals surface area contributed by atoms with Crippen molar-refractivity contribution >= 4 is 28.2 Å². The predicted molar refractivity (Wildman–Crippen MR) is 88.1 cm³/mol. The van der Waals surface area contributed by atoms with Crippen LogP contribution in [0.1, 0.15) is 18.1 Å². The molecule has 1 N–H and O–H groups in total. The summed E-state index contributed by atoms with van der Waals surface area (Å²) in [4.78, 5) is 15.7. The van der Waals surface area contributed by atoms with E-state index < -0.39 is 0 Å². The molecule has 0 fully saturated rings. The number of aromatic amines is 1. The molecule has 0 aliphatic carbocycles. The minimum Gasteiger partial charge on any atom is -0.338 e. The van der Waals surface area contributed by atoms with Gasteiger partial charge < -0.3 is 4.98 Å². The molecule has 3 rings (SSSR count). The van der Waals surface area contributed by atoms with Crippen molar-refractivity contribution in [2.75, 3.05) is 0 Å². The SMILES string of the molecule is CCc1c(-c2cccc(I)c2)[nH]c2c(C#N)cnn2c1=O. The van der Waals surface area contributed by atoms with E-state index in [9.17, 15) is 4.79 Å². The van der Waals surface area contributed by atoms with Crippen molar-refractivity contribution in [2.45, 2.75) is 13.3 Å². The Balaban J connectivity index is 2.41. The van der Waals surface area contributed by atoms with Gasteiger partial charge in [0.2, 0.25) is 0 Å². The van der Waals surface area contributed by atoms with Crippen molar-refractivity contribution in [3.05, 3.63) is 55.5 Å². The second-order valence-electron chi connectivity index (χ2n) is 4.58. The Morgan fingerprint density at radius 2 is 2.29 bits per heavy atom. The van der Waals surface area contributed by atoms with E-state index in [1.54, 1.807) is 0 Å². The Hall–Kier alpha value is -2.14. The fourth-order valence-electron chi connectivity index (χ4n) is 2.35. The van der Waals surface area contributed by atoms with Crippen LogP contribution in [0, 0.1) is 14.9 Å². The van der Waals surface area contributed by atoms with E-state index in [1.807, 2.05) is 37.3 Å². The fraction of sp³-hybridized carbons (Fsp3) is 0.133. The molecule has 0 aliphatic rings. The molecule has 21 heavy (non-hydrogen) atoms. The third-order valence-electron chi connectivity index (χ3n) is 3.35. The Kier molecular flexibility index (Phi) is 3.51. The molecule has 0 aliphatic heterocycles. The second kappa shape index (κ2) is 5.33. The van der Waals surface area contributed by atoms with Gasteiger partial charge in [-0.15, -0.1) is 0 Å². The van der Waals surface area contributed by atoms with Crippen molar-refractivity contribution in [3.63, 3.8) is 0 Å². The van der Waals surface area contributed by atoms with Crippen molar-refractivity contribution < 1.29 is 0 Å². The number of rotatable bonds is 2. The highest BCUT2D eigenvalue weighted by atomic mass is 127. The number of hydrogen-bond donors (Lipinski definition) is 1. The fourth-order valence-corrected chi connectivity index (χ4v) is 2.89. The van der Waals surface area contributed by atoms with Crippen LogP contribution in [-0.2, 0) is 6.42 Å². The number of H-pyrrole nitrogens is 1. The first-order valence-electron chi connectivity index (χ1n) is 6.44. The smallest absolute Gasteiger partial charge is 0.278 e. The third-order valence-corrected chi connectivity index (χ3v) is 4.02. The molecular formula is C15H11IN4O. The van der Waals surface area contributed by atoms with Gasteiger partial charge in [-0.05, 0) is 46.7 Å². The molecule has 0 bridgehead atoms. The highest BCUT2D eigenvalue weighted by Gasteiger charge is 2.15. The van der Waals surface area contributed by atoms with Gasteiger partial charge in [-0.25, -0.2) is 0 Å². The molecule has 2 aromatic heterocycles. The van der Waals surface area contributed by atoms with Gasteiger partial charge in [0.1, 0.15) is 11.6 Å². The maximum atomic E-state index is 12.5. The third kappa shape index (κ3) is 2.23. The first kappa shape index (κ1) is 13.8. The Labute approximate surface area is 134 Å². The first-order valence-corrected chi connectivity index (χ1v) is 7.52. The summed E-state index contributed by atoms with van der Waals surface area (Å²) in [5.74, 6) is 0. The minimum absolute atomic E-state index is 0.179. The van der Waals surface area contributed by atoms with Crippen LogP contribution >= 0.6 is 22.6 Å². The van der Waals surface area contributed by atoms with Crippen molar-refractivity contribution in [2.24, 2.45) is 0 Å². The van der Waals surface area contributed by atoms with Gasteiger partial charge in [0, 0.05) is 9.13 Å². The van der Waals surface area contributed by atoms with E-state index in [2.05, 4.69) is 32.7 Å². The zero-order chi connectivity index (χ0) is 15.0. The average molecular weight is 390 g/mol. The van der Waals surface area contributed by atoms with Gasteiger partial charge >= 0.3 is 0 Å². The number of fused-ring (bicyclic) bond motifs is 1. The quantitative estimate of drug-likeness (QED) is 0.684. The van der Waals surface area contributed by atoms with E-state index in [-0.39, 0.29) is 5.56 Å². The van der Waals surface area contributed by atoms with Gasteiger partial charge in [0.25, 0.3) is 5.56 Å². The summed E-state index contributed by atoms with van der Waals surface area (Å²) >= 11 is 2.23. The zero-order valence-corrected chi connectivity index (χ0v) is 13.4. The normalized spacial score (nSPS) is 10.7. The standard InChI is InChI=1S/C15H11IN4O/c1-2-12-13(9-4-3-5-11(16)6-9)19-14-10(7-17)8-18-20(14)15(12)21/h3-6,8,19H,2H2,1H3. The van der Waals surface area contributed by atoms with Crippen LogP contribution in [0.2, 0.25) is 0 Å². The molecule has 104 valence electrons. The molecular weight excluding hydrogens is 379 g/mol. The molecule has 0 atom stereocenters. The maximum absolute atomic E-state index is 12.5. The molecule has 0 saturated heterocycles. The van der Waals surface area contributed by atoms with Crippen molar-refractivity contribution in [1.29, 1.82) is 5.26 Å². The van der Waals surface area contributed by atoms with Crippen molar-refractivity contribution in [3.8, 4) is 17.3 Å². The number of nitrogens with one attached hydrogen (secondary N) is 1. The van der Waals surface area contributed by atoms with Crippen LogP contribution < -0.4 is 5.56 Å². The van der Waals surface area contributed by atoms with Gasteiger partial charge in [-0.3, -0.25) is 4.79 Å². The molecule has 0 spiro atoms. The van der Waals surface area contributed by atoms with Gasteiger partial charge in [-0.1, -0.05) is 19.1 Å². The highest BCUT2D eigenvalue weighted by molar-refractivity contribution is 14.1. The lowest BCUT2D eigenvalue weighted by atomic mass is 10.1. The van der Waals surface area contributed by atoms with Gasteiger partial charge in [-0.2, -0.15) is 14.9 Å². The molecule has 0 saturated carbocycles. The first-order chi connectivity index (χ1) is 10.2. The Morgan fingerprint density at radius 3 is 2.95 bits per heavy atom. The largest absolute Gasteiger partial charge is 0.338 e. The number of hydrogen-bond acceptors (Lipinski definition) is 3. The number of nitrogens with zero attached hydrogens (tertiary/aromatic N) is 3. The lowest BCUT2D eigenvalue weighted by Gasteiger charge is -2.09. The van der Waals surface area contributed by atoms with Crippen LogP contribution in [0.25, 0.3) is 16.9 Å². The summed E-state index contributed by atoms with van der Waals surface area (Å²) < 4.78 is 2.34. The monoisotopic (exact) mass is 390 g/mol. The summed E-state index contributed by atoms with van der Waals surface area (Å²) in [6.07, 6.45) is 2.00.